The third-order valence-electron chi connectivity index (χ3n) is 1.80. The maximum atomic E-state index is 11.5. The number of aliphatic imine (C=N–C) groups is 1. The Bertz CT molecular complexity index is 551. The lowest BCUT2D eigenvalue weighted by Crippen LogP contribution is -2.32. The van der Waals surface area contributed by atoms with Crippen LogP contribution >= 0.6 is 23.1 Å². The highest BCUT2D eigenvalue weighted by Gasteiger charge is 2.07. The average Bonchev–Trinajstić information content (AvgIpc) is 2.95. The fourth-order valence-corrected chi connectivity index (χ4v) is 2.45. The number of hydrogen-bond acceptors (Lipinski definition) is 9. The van der Waals surface area contributed by atoms with Gasteiger partial charge < -0.3 is 10.8 Å². The van der Waals surface area contributed by atoms with Crippen molar-refractivity contribution in [3.05, 3.63) is 6.20 Å². The van der Waals surface area contributed by atoms with E-state index in [0.717, 1.165) is 0 Å². The Morgan fingerprint density at radius 2 is 2.50 bits per heavy atom. The largest absolute Gasteiger partial charge is 0.861 e. The number of nitrogens with zero attached hydrogens (tertiary/aromatic N) is 5. The summed E-state index contributed by atoms with van der Waals surface area (Å²) in [5, 5.41) is 23.0. The van der Waals surface area contributed by atoms with E-state index >= 15 is 0 Å². The van der Waals surface area contributed by atoms with Crippen LogP contribution in [-0.4, -0.2) is 27.1 Å². The van der Waals surface area contributed by atoms with Crippen molar-refractivity contribution in [1.29, 1.82) is 0 Å². The molecule has 0 bridgehead atoms. The van der Waals surface area contributed by atoms with E-state index in [2.05, 4.69) is 20.5 Å². The van der Waals surface area contributed by atoms with E-state index < -0.39 is 0 Å². The molecular formula is C8H10N6O2S2. The highest BCUT2D eigenvalue weighted by molar-refractivity contribution is 8.01. The van der Waals surface area contributed by atoms with Gasteiger partial charge in [0, 0.05) is 5.75 Å². The molecule has 96 valence electrons. The Kier molecular flexibility index (Phi) is 4.10. The first-order valence-corrected chi connectivity index (χ1v) is 6.80. The van der Waals surface area contributed by atoms with E-state index in [1.165, 1.54) is 23.1 Å². The number of nitrogen functional groups attached to an aromatic ring is 1. The molecule has 0 saturated carbocycles. The fraction of sp³-hybridized carbons (Fsp3) is 0.375. The molecule has 0 fully saturated rings. The zero-order valence-corrected chi connectivity index (χ0v) is 11.1. The van der Waals surface area contributed by atoms with Crippen molar-refractivity contribution < 1.29 is 14.3 Å². The molecular weight excluding hydrogens is 276 g/mol. The summed E-state index contributed by atoms with van der Waals surface area (Å²) < 4.78 is 7.04. The predicted molar refractivity (Wildman–Crippen MR) is 64.5 cm³/mol. The molecule has 0 aliphatic heterocycles. The van der Waals surface area contributed by atoms with Crippen LogP contribution in [0.25, 0.3) is 0 Å². The van der Waals surface area contributed by atoms with Gasteiger partial charge in [-0.15, -0.1) is 10.2 Å². The minimum atomic E-state index is -0.326. The molecule has 2 aromatic rings. The van der Waals surface area contributed by atoms with E-state index in [0.29, 0.717) is 16.0 Å². The minimum Gasteiger partial charge on any atom is -0.861 e. The van der Waals surface area contributed by atoms with Crippen molar-refractivity contribution in [1.82, 2.24) is 15.5 Å². The van der Waals surface area contributed by atoms with Crippen molar-refractivity contribution in [2.45, 2.75) is 17.8 Å². The first-order chi connectivity index (χ1) is 8.67. The molecule has 0 unspecified atom stereocenters. The molecule has 0 saturated heterocycles. The van der Waals surface area contributed by atoms with Crippen LogP contribution in [0, 0.1) is 0 Å². The molecule has 18 heavy (non-hydrogen) atoms. The quantitative estimate of drug-likeness (QED) is 0.344. The van der Waals surface area contributed by atoms with Crippen molar-refractivity contribution in [3.63, 3.8) is 0 Å². The average molecular weight is 286 g/mol. The second-order valence-corrected chi connectivity index (χ2v) is 5.33. The first-order valence-electron chi connectivity index (χ1n) is 5.00. The summed E-state index contributed by atoms with van der Waals surface area (Å²) in [7, 11) is 0. The molecule has 0 aliphatic rings. The maximum Gasteiger partial charge on any atom is 0.320 e. The third-order valence-corrected chi connectivity index (χ3v) is 3.67. The van der Waals surface area contributed by atoms with E-state index in [9.17, 15) is 5.11 Å². The molecule has 2 rings (SSSR count). The van der Waals surface area contributed by atoms with Gasteiger partial charge in [-0.2, -0.15) is 0 Å². The van der Waals surface area contributed by atoms with Crippen molar-refractivity contribution in [3.8, 4) is 0 Å². The maximum absolute atomic E-state index is 11.5. The van der Waals surface area contributed by atoms with Gasteiger partial charge in [0.25, 0.3) is 6.20 Å². The van der Waals surface area contributed by atoms with Crippen molar-refractivity contribution >= 4 is 40.0 Å². The van der Waals surface area contributed by atoms with Gasteiger partial charge >= 0.3 is 5.88 Å². The van der Waals surface area contributed by atoms with Crippen LogP contribution in [0.3, 0.4) is 0 Å². The van der Waals surface area contributed by atoms with E-state index in [4.69, 9.17) is 10.3 Å². The molecule has 10 heteroatoms. The number of anilines is 1. The summed E-state index contributed by atoms with van der Waals surface area (Å²) in [5.41, 5.74) is 5.42. The summed E-state index contributed by atoms with van der Waals surface area (Å²) in [6.07, 6.45) is 1.56. The molecule has 0 aliphatic carbocycles. The number of thioether (sulfide) groups is 1. The molecule has 2 aromatic heterocycles. The van der Waals surface area contributed by atoms with Crippen LogP contribution in [0.1, 0.15) is 6.92 Å². The lowest BCUT2D eigenvalue weighted by Gasteiger charge is -2.05. The molecule has 0 aromatic carbocycles. The van der Waals surface area contributed by atoms with E-state index in [-0.39, 0.29) is 17.5 Å². The SMILES string of the molecule is CC[n+]1cc(/N=C(\[O-])CSc2nnc(N)s2)on1. The molecule has 0 radical (unpaired) electrons. The number of aryl methyl sites for hydroxylation is 1. The second kappa shape index (κ2) is 5.78. The van der Waals surface area contributed by atoms with Crippen LogP contribution in [0.15, 0.2) is 20.1 Å². The molecule has 0 spiro atoms. The van der Waals surface area contributed by atoms with Crippen LogP contribution in [0.2, 0.25) is 0 Å². The molecule has 0 atom stereocenters. The van der Waals surface area contributed by atoms with Gasteiger partial charge in [0.1, 0.15) is 0 Å². The van der Waals surface area contributed by atoms with Gasteiger partial charge in [-0.1, -0.05) is 27.8 Å². The lowest BCUT2D eigenvalue weighted by molar-refractivity contribution is -0.759. The van der Waals surface area contributed by atoms with Crippen molar-refractivity contribution in [2.75, 3.05) is 11.5 Å². The highest BCUT2D eigenvalue weighted by atomic mass is 32.2. The second-order valence-electron chi connectivity index (χ2n) is 3.10. The van der Waals surface area contributed by atoms with Crippen LogP contribution in [0.5, 0.6) is 0 Å². The Morgan fingerprint density at radius 1 is 1.67 bits per heavy atom. The zero-order chi connectivity index (χ0) is 13.0. The number of rotatable bonds is 5. The van der Waals surface area contributed by atoms with Gasteiger partial charge in [-0.25, -0.2) is 4.99 Å². The van der Waals surface area contributed by atoms with E-state index in [1.807, 2.05) is 6.92 Å². The first kappa shape index (κ1) is 12.8. The smallest absolute Gasteiger partial charge is 0.320 e. The normalized spacial score (nSPS) is 11.9. The Labute approximate surface area is 111 Å². The number of nitrogens with two attached hydrogens (primary N) is 1. The summed E-state index contributed by atoms with van der Waals surface area (Å²) in [6.45, 7) is 2.57. The molecule has 2 N–H and O–H groups in total. The Balaban J connectivity index is 1.92. The van der Waals surface area contributed by atoms with Gasteiger partial charge in [0.15, 0.2) is 10.9 Å². The van der Waals surface area contributed by atoms with Crippen molar-refractivity contribution in [2.24, 2.45) is 4.99 Å². The lowest BCUT2D eigenvalue weighted by atomic mass is 10.7. The monoisotopic (exact) mass is 286 g/mol. The summed E-state index contributed by atoms with van der Waals surface area (Å²) >= 11 is 2.46. The van der Waals surface area contributed by atoms with Crippen LogP contribution in [-0.2, 0) is 6.54 Å². The highest BCUT2D eigenvalue weighted by Crippen LogP contribution is 2.23. The van der Waals surface area contributed by atoms with Gasteiger partial charge in [-0.05, 0) is 12.8 Å². The summed E-state index contributed by atoms with van der Waals surface area (Å²) in [5.74, 6) is 0.0222. The zero-order valence-electron chi connectivity index (χ0n) is 9.44. The van der Waals surface area contributed by atoms with Gasteiger partial charge in [0.2, 0.25) is 10.4 Å². The summed E-state index contributed by atoms with van der Waals surface area (Å²) in [4.78, 5) is 3.76. The third kappa shape index (κ3) is 3.40. The van der Waals surface area contributed by atoms with Crippen LogP contribution < -0.4 is 15.5 Å². The predicted octanol–water partition coefficient (Wildman–Crippen LogP) is -0.402. The topological polar surface area (TPSA) is 117 Å². The molecule has 8 nitrogen and oxygen atoms in total. The van der Waals surface area contributed by atoms with Gasteiger partial charge in [-0.3, -0.25) is 4.52 Å². The molecule has 0 amide bonds. The minimum absolute atomic E-state index is 0.154. The molecule has 2 heterocycles. The Morgan fingerprint density at radius 3 is 3.11 bits per heavy atom. The number of hydrogen-bond donors (Lipinski definition) is 1. The number of aromatic nitrogens is 4. The fourth-order valence-electron chi connectivity index (χ4n) is 1.02. The standard InChI is InChI=1S/C8H10N6O2S2/c1-2-14-3-6(16-13-14)10-5(15)4-17-8-12-11-7(9)18-8/h3H,2,4H2,1H3,(H2-,9,10,11,13,15). The van der Waals surface area contributed by atoms with Crippen LogP contribution in [0.4, 0.5) is 11.0 Å². The van der Waals surface area contributed by atoms with Gasteiger partial charge in [0.05, 0.1) is 0 Å². The Hall–Kier alpha value is -1.68. The van der Waals surface area contributed by atoms with E-state index in [1.54, 1.807) is 10.9 Å². The summed E-state index contributed by atoms with van der Waals surface area (Å²) in [6, 6.07) is 0.